The molecule has 0 unspecified atom stereocenters. The van der Waals surface area contributed by atoms with E-state index >= 15 is 0 Å². The van der Waals surface area contributed by atoms with Gasteiger partial charge in [0.2, 0.25) is 0 Å². The standard InChI is InChI=1S/C12H17BF3O3S/c1-12(2,3)20(17,18)9-8-19-11-7-5-4-6-10(11)13(14,15)16/h4-7H,8-9H2,1-3H3/q-1. The Kier molecular flexibility index (Phi) is 4.79. The van der Waals surface area contributed by atoms with Crippen LogP contribution in [0.3, 0.4) is 0 Å². The highest BCUT2D eigenvalue weighted by molar-refractivity contribution is 7.92. The quantitative estimate of drug-likeness (QED) is 0.784. The topological polar surface area (TPSA) is 43.4 Å². The molecule has 0 amide bonds. The molecule has 3 nitrogen and oxygen atoms in total. The number of rotatable bonds is 5. The molecule has 0 aliphatic carbocycles. The Morgan fingerprint density at radius 2 is 1.70 bits per heavy atom. The summed E-state index contributed by atoms with van der Waals surface area (Å²) < 4.78 is 66.0. The Balaban J connectivity index is 2.78. The molecule has 0 fully saturated rings. The smallest absolute Gasteiger partial charge is 0.496 e. The number of benzene rings is 1. The third kappa shape index (κ3) is 4.16. The minimum atomic E-state index is -5.18. The fourth-order valence-corrected chi connectivity index (χ4v) is 2.37. The highest BCUT2D eigenvalue weighted by Crippen LogP contribution is 2.19. The first-order valence-corrected chi connectivity index (χ1v) is 7.74. The van der Waals surface area contributed by atoms with Gasteiger partial charge in [-0.15, -0.1) is 0 Å². The second kappa shape index (κ2) is 5.67. The van der Waals surface area contributed by atoms with Crippen LogP contribution in [-0.2, 0) is 9.84 Å². The summed E-state index contributed by atoms with van der Waals surface area (Å²) in [4.78, 5) is 0. The first-order valence-electron chi connectivity index (χ1n) is 6.09. The van der Waals surface area contributed by atoms with Crippen molar-refractivity contribution in [2.24, 2.45) is 0 Å². The average Bonchev–Trinajstić information content (AvgIpc) is 2.26. The average molecular weight is 309 g/mol. The van der Waals surface area contributed by atoms with Crippen LogP contribution in [0.2, 0.25) is 0 Å². The number of hydrogen-bond acceptors (Lipinski definition) is 3. The minimum absolute atomic E-state index is 0.303. The summed E-state index contributed by atoms with van der Waals surface area (Å²) in [6, 6.07) is 4.80. The van der Waals surface area contributed by atoms with Crippen LogP contribution in [0.4, 0.5) is 12.9 Å². The van der Waals surface area contributed by atoms with Gasteiger partial charge in [0.15, 0.2) is 9.84 Å². The summed E-state index contributed by atoms with van der Waals surface area (Å²) in [6.07, 6.45) is 0. The zero-order chi connectivity index (χ0) is 15.6. The Labute approximate surface area is 117 Å². The van der Waals surface area contributed by atoms with Gasteiger partial charge in [-0.1, -0.05) is 23.7 Å². The molecule has 0 spiro atoms. The van der Waals surface area contributed by atoms with E-state index in [1.165, 1.54) is 39.0 Å². The van der Waals surface area contributed by atoms with Gasteiger partial charge in [-0.2, -0.15) is 0 Å². The van der Waals surface area contributed by atoms with E-state index in [0.717, 1.165) is 6.07 Å². The normalized spacial score (nSPS) is 13.3. The Morgan fingerprint density at radius 3 is 2.20 bits per heavy atom. The molecule has 0 bridgehead atoms. The van der Waals surface area contributed by atoms with Gasteiger partial charge in [-0.25, -0.2) is 8.42 Å². The van der Waals surface area contributed by atoms with Crippen molar-refractivity contribution >= 4 is 22.3 Å². The SMILES string of the molecule is CC(C)(C)S(=O)(=O)CCOc1ccccc1[B-](F)(F)F. The molecule has 0 aromatic heterocycles. The van der Waals surface area contributed by atoms with E-state index < -0.39 is 27.0 Å². The van der Waals surface area contributed by atoms with Crippen LogP contribution in [0, 0.1) is 0 Å². The maximum atomic E-state index is 12.8. The predicted octanol–water partition coefficient (Wildman–Crippen LogP) is 2.33. The van der Waals surface area contributed by atoms with Gasteiger partial charge in [-0.3, -0.25) is 0 Å². The minimum Gasteiger partial charge on any atom is -0.496 e. The summed E-state index contributed by atoms with van der Waals surface area (Å²) in [5, 5.41) is 0. The monoisotopic (exact) mass is 309 g/mol. The molecule has 1 rings (SSSR count). The number of para-hydroxylation sites is 1. The summed E-state index contributed by atoms with van der Waals surface area (Å²) >= 11 is 0. The van der Waals surface area contributed by atoms with Crippen LogP contribution in [0.5, 0.6) is 5.75 Å². The molecule has 114 valence electrons. The highest BCUT2D eigenvalue weighted by atomic mass is 32.2. The molecule has 0 aliphatic heterocycles. The largest absolute Gasteiger partial charge is 0.513 e. The second-order valence-corrected chi connectivity index (χ2v) is 8.25. The Hall–Kier alpha value is -1.18. The lowest BCUT2D eigenvalue weighted by molar-refractivity contribution is 0.340. The third-order valence-corrected chi connectivity index (χ3v) is 5.38. The molecule has 0 N–H and O–H groups in total. The number of ether oxygens (including phenoxy) is 1. The molecule has 1 aromatic rings. The van der Waals surface area contributed by atoms with E-state index in [-0.39, 0.29) is 18.1 Å². The fraction of sp³-hybridized carbons (Fsp3) is 0.500. The molecule has 1 aromatic carbocycles. The fourth-order valence-electron chi connectivity index (χ4n) is 1.45. The summed E-state index contributed by atoms with van der Waals surface area (Å²) in [5.41, 5.74) is -0.847. The molecule has 0 radical (unpaired) electrons. The van der Waals surface area contributed by atoms with Gasteiger partial charge in [0.25, 0.3) is 0 Å². The summed E-state index contributed by atoms with van der Waals surface area (Å²) in [7, 11) is -3.42. The summed E-state index contributed by atoms with van der Waals surface area (Å²) in [5.74, 6) is -0.653. The van der Waals surface area contributed by atoms with Crippen molar-refractivity contribution < 1.29 is 26.1 Å². The first kappa shape index (κ1) is 16.9. The van der Waals surface area contributed by atoms with Crippen molar-refractivity contribution in [3.63, 3.8) is 0 Å². The molecule has 0 saturated carbocycles. The number of hydrogen-bond donors (Lipinski definition) is 0. The number of sulfone groups is 1. The lowest BCUT2D eigenvalue weighted by Crippen LogP contribution is -2.36. The maximum absolute atomic E-state index is 12.8. The van der Waals surface area contributed by atoms with E-state index in [1.54, 1.807) is 0 Å². The maximum Gasteiger partial charge on any atom is 0.513 e. The first-order chi connectivity index (χ1) is 8.95. The lowest BCUT2D eigenvalue weighted by atomic mass is 9.79. The van der Waals surface area contributed by atoms with Crippen LogP contribution in [0.15, 0.2) is 24.3 Å². The van der Waals surface area contributed by atoms with Crippen molar-refractivity contribution in [1.82, 2.24) is 0 Å². The molecule has 0 aliphatic rings. The van der Waals surface area contributed by atoms with Crippen LogP contribution in [-0.4, -0.2) is 32.5 Å². The van der Waals surface area contributed by atoms with Gasteiger partial charge < -0.3 is 17.7 Å². The van der Waals surface area contributed by atoms with Crippen molar-refractivity contribution in [3.8, 4) is 5.75 Å². The van der Waals surface area contributed by atoms with E-state index in [4.69, 9.17) is 4.74 Å². The molecule has 0 atom stereocenters. The van der Waals surface area contributed by atoms with E-state index in [1.807, 2.05) is 0 Å². The van der Waals surface area contributed by atoms with Gasteiger partial charge in [0, 0.05) is 0 Å². The molecule has 20 heavy (non-hydrogen) atoms. The van der Waals surface area contributed by atoms with Gasteiger partial charge >= 0.3 is 6.98 Å². The van der Waals surface area contributed by atoms with E-state index in [2.05, 4.69) is 0 Å². The number of halogens is 3. The summed E-state index contributed by atoms with van der Waals surface area (Å²) in [6.45, 7) is -0.876. The Morgan fingerprint density at radius 1 is 1.15 bits per heavy atom. The Bertz CT molecular complexity index is 562. The predicted molar refractivity (Wildman–Crippen MR) is 74.2 cm³/mol. The van der Waals surface area contributed by atoms with E-state index in [9.17, 15) is 21.4 Å². The van der Waals surface area contributed by atoms with Gasteiger partial charge in [-0.05, 0) is 26.8 Å². The van der Waals surface area contributed by atoms with Crippen molar-refractivity contribution in [2.45, 2.75) is 25.5 Å². The zero-order valence-electron chi connectivity index (χ0n) is 11.6. The lowest BCUT2D eigenvalue weighted by Gasteiger charge is -2.21. The molecular formula is C12H17BF3O3S-. The van der Waals surface area contributed by atoms with Crippen LogP contribution in [0.25, 0.3) is 0 Å². The highest BCUT2D eigenvalue weighted by Gasteiger charge is 2.30. The van der Waals surface area contributed by atoms with Gasteiger partial charge in [0.05, 0.1) is 16.2 Å². The van der Waals surface area contributed by atoms with Crippen molar-refractivity contribution in [2.75, 3.05) is 12.4 Å². The van der Waals surface area contributed by atoms with Crippen molar-refractivity contribution in [3.05, 3.63) is 24.3 Å². The molecule has 0 heterocycles. The van der Waals surface area contributed by atoms with Crippen LogP contribution >= 0.6 is 0 Å². The third-order valence-electron chi connectivity index (χ3n) is 2.81. The molecule has 8 heteroatoms. The van der Waals surface area contributed by atoms with Crippen LogP contribution in [0.1, 0.15) is 20.8 Å². The van der Waals surface area contributed by atoms with Crippen molar-refractivity contribution in [1.29, 1.82) is 0 Å². The second-order valence-electron chi connectivity index (χ2n) is 5.39. The molecule has 0 saturated heterocycles. The van der Waals surface area contributed by atoms with Crippen LogP contribution < -0.4 is 10.2 Å². The van der Waals surface area contributed by atoms with E-state index in [0.29, 0.717) is 0 Å². The zero-order valence-corrected chi connectivity index (χ0v) is 12.4. The van der Waals surface area contributed by atoms with Gasteiger partial charge in [0.1, 0.15) is 6.61 Å². The molecular weight excluding hydrogens is 292 g/mol.